The Morgan fingerprint density at radius 3 is 1.37 bits per heavy atom. The van der Waals surface area contributed by atoms with Crippen molar-refractivity contribution in [2.75, 3.05) is 54.1 Å². The van der Waals surface area contributed by atoms with Crippen LogP contribution in [0.15, 0.2) is 122 Å². The summed E-state index contributed by atoms with van der Waals surface area (Å²) in [5.74, 6) is -0.381. The van der Waals surface area contributed by atoms with Crippen LogP contribution in [0.25, 0.3) is 0 Å². The largest absolute Gasteiger partial charge is 0.472 e. The molecule has 0 aromatic carbocycles. The van der Waals surface area contributed by atoms with Crippen molar-refractivity contribution in [1.29, 1.82) is 0 Å². The van der Waals surface area contributed by atoms with Gasteiger partial charge in [0.1, 0.15) is 19.3 Å². The number of hydrogen-bond acceptors (Lipinski definition) is 6. The Morgan fingerprint density at radius 2 is 0.947 bits per heavy atom. The summed E-state index contributed by atoms with van der Waals surface area (Å²) >= 11 is 0. The fraction of sp³-hybridized carbons (Fsp3) is 0.562. The maximum Gasteiger partial charge on any atom is 0.472 e. The van der Waals surface area contributed by atoms with Gasteiger partial charge in [-0.15, -0.1) is 0 Å². The molecule has 2 atom stereocenters. The second-order valence-electron chi connectivity index (χ2n) is 14.6. The van der Waals surface area contributed by atoms with Gasteiger partial charge in [-0.1, -0.05) is 135 Å². The normalized spacial score (nSPS) is 15.0. The van der Waals surface area contributed by atoms with E-state index in [1.54, 1.807) is 0 Å². The van der Waals surface area contributed by atoms with Crippen LogP contribution in [0, 0.1) is 0 Å². The summed E-state index contributed by atoms with van der Waals surface area (Å²) in [5, 5.41) is 0. The molecular formula is C48H79NO7P+. The van der Waals surface area contributed by atoms with E-state index in [-0.39, 0.29) is 32.2 Å². The van der Waals surface area contributed by atoms with Gasteiger partial charge in [0.2, 0.25) is 0 Å². The van der Waals surface area contributed by atoms with Gasteiger partial charge in [0.05, 0.1) is 34.4 Å². The summed E-state index contributed by atoms with van der Waals surface area (Å²) in [6, 6.07) is 0. The van der Waals surface area contributed by atoms with E-state index in [1.807, 2.05) is 21.1 Å². The number of likely N-dealkylation sites (N-methyl/N-ethyl adjacent to an activating group) is 1. The van der Waals surface area contributed by atoms with E-state index in [0.717, 1.165) is 89.9 Å². The van der Waals surface area contributed by atoms with Crippen molar-refractivity contribution >= 4 is 13.8 Å². The van der Waals surface area contributed by atoms with Gasteiger partial charge in [-0.3, -0.25) is 13.8 Å². The Hall–Kier alpha value is -3.10. The third kappa shape index (κ3) is 43.9. The molecule has 2 unspecified atom stereocenters. The van der Waals surface area contributed by atoms with E-state index in [1.165, 1.54) is 0 Å². The van der Waals surface area contributed by atoms with E-state index in [4.69, 9.17) is 18.5 Å². The summed E-state index contributed by atoms with van der Waals surface area (Å²) in [7, 11) is 1.58. The minimum absolute atomic E-state index is 0.0618. The first-order chi connectivity index (χ1) is 27.6. The number of carbonyl (C=O) groups excluding carboxylic acids is 1. The molecule has 0 heterocycles. The average Bonchev–Trinajstić information content (AvgIpc) is 3.16. The zero-order valence-corrected chi connectivity index (χ0v) is 37.2. The average molecular weight is 813 g/mol. The van der Waals surface area contributed by atoms with Gasteiger partial charge in [-0.2, -0.15) is 0 Å². The molecule has 57 heavy (non-hydrogen) atoms. The maximum atomic E-state index is 12.7. The van der Waals surface area contributed by atoms with Gasteiger partial charge < -0.3 is 18.9 Å². The number of quaternary nitrogens is 1. The zero-order valence-electron chi connectivity index (χ0n) is 36.3. The van der Waals surface area contributed by atoms with Crippen LogP contribution in [0.1, 0.15) is 117 Å². The molecule has 1 N–H and O–H groups in total. The van der Waals surface area contributed by atoms with E-state index in [2.05, 4.69) is 135 Å². The smallest absolute Gasteiger partial charge is 0.457 e. The Balaban J connectivity index is 4.45. The molecule has 9 heteroatoms. The lowest BCUT2D eigenvalue weighted by Gasteiger charge is -2.24. The molecule has 0 saturated carbocycles. The van der Waals surface area contributed by atoms with Crippen LogP contribution in [0.3, 0.4) is 0 Å². The van der Waals surface area contributed by atoms with Crippen molar-refractivity contribution in [3.63, 3.8) is 0 Å². The SMILES string of the molecule is CC/C=C\C/C=C\C/C=C\C/C=C\C/C=C\C/C=C\CCCCC(=O)OC(COCCC/C=C\C/C=C\C/C=C\C/C=C\CC)COP(=O)(O)OCC[N+](C)(C)C. The minimum Gasteiger partial charge on any atom is -0.457 e. The fourth-order valence-electron chi connectivity index (χ4n) is 4.79. The van der Waals surface area contributed by atoms with Crippen molar-refractivity contribution in [3.05, 3.63) is 122 Å². The number of ether oxygens (including phenoxy) is 2. The Labute approximate surface area is 348 Å². The second-order valence-corrected chi connectivity index (χ2v) is 16.1. The molecule has 0 aliphatic carbocycles. The molecule has 0 rings (SSSR count). The summed E-state index contributed by atoms with van der Waals surface area (Å²) < 4.78 is 34.8. The predicted octanol–water partition coefficient (Wildman–Crippen LogP) is 12.6. The van der Waals surface area contributed by atoms with Crippen molar-refractivity contribution in [1.82, 2.24) is 0 Å². The second kappa shape index (κ2) is 39.7. The number of unbranched alkanes of at least 4 members (excludes halogenated alkanes) is 3. The zero-order chi connectivity index (χ0) is 42.0. The number of phosphoric ester groups is 1. The molecule has 0 bridgehead atoms. The lowest BCUT2D eigenvalue weighted by Crippen LogP contribution is -2.37. The summed E-state index contributed by atoms with van der Waals surface area (Å²) in [6.07, 6.45) is 56.8. The third-order valence-electron chi connectivity index (χ3n) is 8.02. The Bertz CT molecular complexity index is 1310. The van der Waals surface area contributed by atoms with E-state index in [0.29, 0.717) is 24.1 Å². The summed E-state index contributed by atoms with van der Waals surface area (Å²) in [4.78, 5) is 22.9. The molecule has 0 radical (unpaired) electrons. The fourth-order valence-corrected chi connectivity index (χ4v) is 5.53. The molecule has 0 amide bonds. The van der Waals surface area contributed by atoms with Gasteiger partial charge >= 0.3 is 13.8 Å². The molecule has 0 aromatic rings. The van der Waals surface area contributed by atoms with Crippen LogP contribution < -0.4 is 0 Å². The lowest BCUT2D eigenvalue weighted by atomic mass is 10.2. The molecule has 322 valence electrons. The van der Waals surface area contributed by atoms with Gasteiger partial charge in [0.25, 0.3) is 0 Å². The molecular weight excluding hydrogens is 734 g/mol. The highest BCUT2D eigenvalue weighted by atomic mass is 31.2. The van der Waals surface area contributed by atoms with Crippen LogP contribution >= 0.6 is 7.82 Å². The highest BCUT2D eigenvalue weighted by Gasteiger charge is 2.26. The van der Waals surface area contributed by atoms with Crippen LogP contribution in [0.4, 0.5) is 0 Å². The number of esters is 1. The molecule has 0 aliphatic rings. The van der Waals surface area contributed by atoms with Gasteiger partial charge in [-0.05, 0) is 96.3 Å². The van der Waals surface area contributed by atoms with Crippen molar-refractivity contribution in [2.45, 2.75) is 123 Å². The van der Waals surface area contributed by atoms with Gasteiger partial charge in [0.15, 0.2) is 0 Å². The molecule has 0 fully saturated rings. The van der Waals surface area contributed by atoms with E-state index >= 15 is 0 Å². The van der Waals surface area contributed by atoms with Crippen LogP contribution in [-0.4, -0.2) is 75.6 Å². The third-order valence-corrected chi connectivity index (χ3v) is 9.00. The first-order valence-electron chi connectivity index (χ1n) is 21.3. The minimum atomic E-state index is -4.31. The topological polar surface area (TPSA) is 91.3 Å². The quantitative estimate of drug-likeness (QED) is 0.0220. The number of carbonyl (C=O) groups is 1. The van der Waals surface area contributed by atoms with Gasteiger partial charge in [0, 0.05) is 13.0 Å². The number of rotatable bonds is 37. The number of nitrogens with zero attached hydrogens (tertiary/aromatic N) is 1. The molecule has 0 aromatic heterocycles. The number of hydrogen-bond donors (Lipinski definition) is 1. The predicted molar refractivity (Wildman–Crippen MR) is 242 cm³/mol. The van der Waals surface area contributed by atoms with Crippen LogP contribution in [0.5, 0.6) is 0 Å². The Morgan fingerprint density at radius 1 is 0.544 bits per heavy atom. The number of allylic oxidation sites excluding steroid dienone is 20. The molecule has 0 saturated heterocycles. The monoisotopic (exact) mass is 813 g/mol. The van der Waals surface area contributed by atoms with Crippen LogP contribution in [0.2, 0.25) is 0 Å². The summed E-state index contributed by atoms with van der Waals surface area (Å²) in [6.45, 7) is 5.12. The standard InChI is InChI=1S/C48H78NO7P/c1-6-8-10-12-14-16-18-20-22-23-24-25-26-27-28-29-31-33-35-37-39-41-48(50)56-47(46-55-57(51,52)54-44-42-49(3,4)5)45-53-43-40-38-36-34-32-30-21-19-17-15-13-11-9-7-2/h8-11,14-17,20-22,24-25,27-28,30-31,33-34,36,47H,6-7,12-13,18-19,23,26,29,32,35,37-46H2,1-5H3/p+1/b10-8-,11-9-,16-14-,17-15-,22-20-,25-24-,28-27-,30-21-,33-31-,36-34-. The summed E-state index contributed by atoms with van der Waals surface area (Å²) in [5.41, 5.74) is 0. The molecule has 8 nitrogen and oxygen atoms in total. The highest BCUT2D eigenvalue weighted by molar-refractivity contribution is 7.47. The first-order valence-corrected chi connectivity index (χ1v) is 22.8. The lowest BCUT2D eigenvalue weighted by molar-refractivity contribution is -0.870. The molecule has 0 aliphatic heterocycles. The van der Waals surface area contributed by atoms with Crippen molar-refractivity contribution in [3.8, 4) is 0 Å². The van der Waals surface area contributed by atoms with E-state index in [9.17, 15) is 14.3 Å². The van der Waals surface area contributed by atoms with Crippen molar-refractivity contribution in [2.24, 2.45) is 0 Å². The highest BCUT2D eigenvalue weighted by Crippen LogP contribution is 2.43. The Kier molecular flexibility index (Phi) is 37.6. The van der Waals surface area contributed by atoms with Crippen molar-refractivity contribution < 1.29 is 37.3 Å². The number of phosphoric acid groups is 1. The first kappa shape index (κ1) is 53.9. The maximum absolute atomic E-state index is 12.7. The molecule has 0 spiro atoms. The van der Waals surface area contributed by atoms with Crippen LogP contribution in [-0.2, 0) is 27.9 Å². The van der Waals surface area contributed by atoms with Gasteiger partial charge in [-0.25, -0.2) is 4.57 Å². The van der Waals surface area contributed by atoms with E-state index < -0.39 is 13.9 Å².